The van der Waals surface area contributed by atoms with Crippen molar-refractivity contribution in [1.82, 2.24) is 4.98 Å². The van der Waals surface area contributed by atoms with E-state index in [1.54, 1.807) is 30.2 Å². The minimum Gasteiger partial charge on any atom is -0.493 e. The lowest BCUT2D eigenvalue weighted by atomic mass is 10.2. The van der Waals surface area contributed by atoms with Crippen LogP contribution < -0.4 is 9.64 Å². The number of para-hydroxylation sites is 1. The lowest BCUT2D eigenvalue weighted by Crippen LogP contribution is -2.30. The molecule has 1 amide bonds. The van der Waals surface area contributed by atoms with E-state index in [1.807, 2.05) is 42.5 Å². The Bertz CT molecular complexity index is 1390. The molecule has 5 rings (SSSR count). The van der Waals surface area contributed by atoms with Gasteiger partial charge in [0.1, 0.15) is 5.82 Å². The molecule has 2 heterocycles. The molecule has 0 aliphatic heterocycles. The van der Waals surface area contributed by atoms with Gasteiger partial charge in [0.2, 0.25) is 0 Å². The Morgan fingerprint density at radius 3 is 2.74 bits per heavy atom. The Balaban J connectivity index is 1.60. The van der Waals surface area contributed by atoms with Gasteiger partial charge in [0.05, 0.1) is 23.9 Å². The maximum Gasteiger partial charge on any atom is 0.296 e. The maximum atomic E-state index is 13.7. The molecule has 0 saturated carbocycles. The minimum absolute atomic E-state index is 0.181. The van der Waals surface area contributed by atoms with E-state index in [0.29, 0.717) is 33.2 Å². The lowest BCUT2D eigenvalue weighted by Gasteiger charge is -2.18. The van der Waals surface area contributed by atoms with Crippen LogP contribution in [0.1, 0.15) is 16.1 Å². The molecule has 5 nitrogen and oxygen atoms in total. The van der Waals surface area contributed by atoms with Crippen molar-refractivity contribution in [3.05, 3.63) is 89.9 Å². The zero-order valence-electron chi connectivity index (χ0n) is 16.5. The van der Waals surface area contributed by atoms with Crippen LogP contribution in [0.2, 0.25) is 0 Å². The second-order valence-electron chi connectivity index (χ2n) is 6.97. The molecule has 0 aliphatic carbocycles. The monoisotopic (exact) mass is 432 g/mol. The fourth-order valence-corrected chi connectivity index (χ4v) is 4.42. The molecule has 0 radical (unpaired) electrons. The highest BCUT2D eigenvalue weighted by molar-refractivity contribution is 7.22. The van der Waals surface area contributed by atoms with Gasteiger partial charge in [-0.3, -0.25) is 9.69 Å². The van der Waals surface area contributed by atoms with E-state index in [2.05, 4.69) is 4.98 Å². The van der Waals surface area contributed by atoms with E-state index in [0.717, 1.165) is 10.9 Å². The van der Waals surface area contributed by atoms with Crippen molar-refractivity contribution < 1.29 is 18.3 Å². The highest BCUT2D eigenvalue weighted by Gasteiger charge is 2.25. The number of thiazole rings is 1. The van der Waals surface area contributed by atoms with Gasteiger partial charge < -0.3 is 9.15 Å². The molecule has 0 bridgehead atoms. The van der Waals surface area contributed by atoms with Crippen molar-refractivity contribution in [2.75, 3.05) is 12.0 Å². The second kappa shape index (κ2) is 7.85. The van der Waals surface area contributed by atoms with Gasteiger partial charge in [-0.25, -0.2) is 9.37 Å². The van der Waals surface area contributed by atoms with Gasteiger partial charge in [0.15, 0.2) is 22.2 Å². The van der Waals surface area contributed by atoms with E-state index >= 15 is 0 Å². The molecule has 2 aromatic heterocycles. The number of carbonyl (C=O) groups is 1. The smallest absolute Gasteiger partial charge is 0.296 e. The van der Waals surface area contributed by atoms with E-state index < -0.39 is 0 Å². The number of fused-ring (bicyclic) bond motifs is 2. The molecule has 0 fully saturated rings. The predicted molar refractivity (Wildman–Crippen MR) is 119 cm³/mol. The topological polar surface area (TPSA) is 55.6 Å². The van der Waals surface area contributed by atoms with Crippen molar-refractivity contribution in [3.8, 4) is 5.75 Å². The molecule has 3 aromatic carbocycles. The van der Waals surface area contributed by atoms with Crippen molar-refractivity contribution in [2.24, 2.45) is 0 Å². The zero-order valence-corrected chi connectivity index (χ0v) is 17.4. The quantitative estimate of drug-likeness (QED) is 0.340. The highest BCUT2D eigenvalue weighted by atomic mass is 32.1. The Kier molecular flexibility index (Phi) is 4.88. The fraction of sp³-hybridized carbons (Fsp3) is 0.0833. The molecule has 5 aromatic rings. The molecule has 0 atom stereocenters. The van der Waals surface area contributed by atoms with E-state index in [9.17, 15) is 9.18 Å². The Morgan fingerprint density at radius 2 is 1.94 bits per heavy atom. The number of carbonyl (C=O) groups excluding carboxylic acids is 1. The van der Waals surface area contributed by atoms with Gasteiger partial charge in [-0.15, -0.1) is 0 Å². The van der Waals surface area contributed by atoms with Crippen LogP contribution >= 0.6 is 11.3 Å². The number of aromatic nitrogens is 1. The molecular weight excluding hydrogens is 415 g/mol. The van der Waals surface area contributed by atoms with Crippen LogP contribution in [0, 0.1) is 5.82 Å². The molecule has 7 heteroatoms. The Morgan fingerprint density at radius 1 is 1.10 bits per heavy atom. The molecule has 0 unspecified atom stereocenters. The lowest BCUT2D eigenvalue weighted by molar-refractivity contribution is 0.0960. The number of furan rings is 1. The third-order valence-corrected chi connectivity index (χ3v) is 5.98. The zero-order chi connectivity index (χ0) is 21.4. The van der Waals surface area contributed by atoms with Gasteiger partial charge in [-0.1, -0.05) is 53.8 Å². The molecule has 0 saturated heterocycles. The van der Waals surface area contributed by atoms with Crippen molar-refractivity contribution in [2.45, 2.75) is 6.54 Å². The van der Waals surface area contributed by atoms with Gasteiger partial charge in [0.25, 0.3) is 5.91 Å². The normalized spacial score (nSPS) is 11.2. The fourth-order valence-electron chi connectivity index (χ4n) is 3.43. The summed E-state index contributed by atoms with van der Waals surface area (Å²) >= 11 is 1.26. The highest BCUT2D eigenvalue weighted by Crippen LogP contribution is 2.33. The molecular formula is C24H17FN2O3S. The first-order chi connectivity index (χ1) is 15.1. The third kappa shape index (κ3) is 3.64. The number of benzene rings is 3. The number of methoxy groups -OCH3 is 1. The third-order valence-electron chi connectivity index (χ3n) is 4.94. The molecule has 0 N–H and O–H groups in total. The summed E-state index contributed by atoms with van der Waals surface area (Å²) in [5.74, 6) is 0.0668. The van der Waals surface area contributed by atoms with Crippen LogP contribution in [0.4, 0.5) is 9.52 Å². The number of amides is 1. The van der Waals surface area contributed by atoms with Gasteiger partial charge in [-0.05, 0) is 35.9 Å². The largest absolute Gasteiger partial charge is 0.493 e. The standard InChI is InChI=1S/C24H17FN2O3S/c1-29-19-9-5-8-16-12-20(30-22(16)19)23(28)27(14-15-6-3-2-4-7-15)24-26-18-11-10-17(25)13-21(18)31-24/h2-13H,14H2,1H3. The second-order valence-corrected chi connectivity index (χ2v) is 7.98. The summed E-state index contributed by atoms with van der Waals surface area (Å²) < 4.78 is 25.6. The number of hydrogen-bond donors (Lipinski definition) is 0. The number of anilines is 1. The van der Waals surface area contributed by atoms with Crippen molar-refractivity contribution in [1.29, 1.82) is 0 Å². The van der Waals surface area contributed by atoms with Crippen molar-refractivity contribution >= 4 is 43.6 Å². The number of rotatable bonds is 5. The summed E-state index contributed by atoms with van der Waals surface area (Å²) in [6.45, 7) is 0.302. The molecule has 0 aliphatic rings. The summed E-state index contributed by atoms with van der Waals surface area (Å²) in [6.07, 6.45) is 0. The van der Waals surface area contributed by atoms with Gasteiger partial charge in [-0.2, -0.15) is 0 Å². The van der Waals surface area contributed by atoms with Gasteiger partial charge >= 0.3 is 0 Å². The first-order valence-corrected chi connectivity index (χ1v) is 10.4. The number of halogens is 1. The summed E-state index contributed by atoms with van der Waals surface area (Å²) in [5, 5.41) is 1.25. The van der Waals surface area contributed by atoms with Crippen molar-refractivity contribution in [3.63, 3.8) is 0 Å². The van der Waals surface area contributed by atoms with Crippen LogP contribution in [-0.4, -0.2) is 18.0 Å². The Hall–Kier alpha value is -3.71. The maximum absolute atomic E-state index is 13.7. The molecule has 31 heavy (non-hydrogen) atoms. The van der Waals surface area contributed by atoms with Gasteiger partial charge in [0, 0.05) is 5.39 Å². The van der Waals surface area contributed by atoms with E-state index in [1.165, 1.54) is 23.5 Å². The van der Waals surface area contributed by atoms with E-state index in [-0.39, 0.29) is 17.5 Å². The van der Waals surface area contributed by atoms with Crippen LogP contribution in [0.15, 0.2) is 77.2 Å². The van der Waals surface area contributed by atoms with Crippen LogP contribution in [0.5, 0.6) is 5.75 Å². The first kappa shape index (κ1) is 19.3. The Labute approximate surface area is 181 Å². The number of nitrogens with zero attached hydrogens (tertiary/aromatic N) is 2. The molecule has 154 valence electrons. The number of ether oxygens (including phenoxy) is 1. The first-order valence-electron chi connectivity index (χ1n) is 9.61. The number of hydrogen-bond acceptors (Lipinski definition) is 5. The van der Waals surface area contributed by atoms with Crippen LogP contribution in [0.25, 0.3) is 21.2 Å². The van der Waals surface area contributed by atoms with E-state index in [4.69, 9.17) is 9.15 Å². The SMILES string of the molecule is COc1cccc2cc(C(=O)N(Cc3ccccc3)c3nc4ccc(F)cc4s3)oc12. The summed E-state index contributed by atoms with van der Waals surface area (Å²) in [6, 6.07) is 21.2. The molecule has 0 spiro atoms. The predicted octanol–water partition coefficient (Wildman–Crippen LogP) is 6.04. The average Bonchev–Trinajstić information content (AvgIpc) is 3.41. The average molecular weight is 432 g/mol. The minimum atomic E-state index is -0.340. The van der Waals surface area contributed by atoms with Crippen LogP contribution in [-0.2, 0) is 6.54 Å². The summed E-state index contributed by atoms with van der Waals surface area (Å²) in [7, 11) is 1.56. The van der Waals surface area contributed by atoms with Crippen LogP contribution in [0.3, 0.4) is 0 Å². The summed E-state index contributed by atoms with van der Waals surface area (Å²) in [4.78, 5) is 19.7. The summed E-state index contributed by atoms with van der Waals surface area (Å²) in [5.41, 5.74) is 2.09.